The fourth-order valence-electron chi connectivity index (χ4n) is 4.28. The van der Waals surface area contributed by atoms with Crippen LogP contribution in [-0.2, 0) is 19.4 Å². The summed E-state index contributed by atoms with van der Waals surface area (Å²) in [7, 11) is 0. The van der Waals surface area contributed by atoms with E-state index in [1.54, 1.807) is 22.0 Å². The van der Waals surface area contributed by atoms with E-state index >= 15 is 0 Å². The monoisotopic (exact) mass is 424 g/mol. The van der Waals surface area contributed by atoms with Crippen LogP contribution in [0.1, 0.15) is 43.9 Å². The summed E-state index contributed by atoms with van der Waals surface area (Å²) in [6.07, 6.45) is 4.81. The number of rotatable bonds is 6. The lowest BCUT2D eigenvalue weighted by Crippen LogP contribution is -2.23. The summed E-state index contributed by atoms with van der Waals surface area (Å²) >= 11 is 2.97. The number of Topliss-reactive ketones (excluding diaryl/α,β-unsaturated/α-hetero) is 1. The van der Waals surface area contributed by atoms with Crippen LogP contribution in [0.4, 0.5) is 0 Å². The van der Waals surface area contributed by atoms with Crippen molar-refractivity contribution >= 4 is 39.1 Å². The maximum atomic E-state index is 13.2. The van der Waals surface area contributed by atoms with Crippen molar-refractivity contribution in [2.45, 2.75) is 51.7 Å². The van der Waals surface area contributed by atoms with Gasteiger partial charge >= 0.3 is 0 Å². The number of carbonyl (C=O) groups is 1. The van der Waals surface area contributed by atoms with E-state index in [9.17, 15) is 9.59 Å². The van der Waals surface area contributed by atoms with Crippen molar-refractivity contribution in [2.75, 3.05) is 5.75 Å². The first-order chi connectivity index (χ1) is 13.9. The van der Waals surface area contributed by atoms with Gasteiger partial charge in [-0.3, -0.25) is 14.2 Å². The number of fused-ring (bicyclic) bond motifs is 3. The minimum atomic E-state index is -0.00746. The van der Waals surface area contributed by atoms with Crippen molar-refractivity contribution in [3.8, 4) is 0 Å². The van der Waals surface area contributed by atoms with Crippen molar-refractivity contribution in [1.29, 1.82) is 0 Å². The zero-order chi connectivity index (χ0) is 20.7. The van der Waals surface area contributed by atoms with Crippen LogP contribution in [-0.4, -0.2) is 21.1 Å². The maximum Gasteiger partial charge on any atom is 0.263 e. The normalized spacial score (nSPS) is 13.1. The fraction of sp³-hybridized carbons (Fsp3) is 0.348. The molecule has 1 aliphatic rings. The molecular weight excluding hydrogens is 400 g/mol. The molecule has 0 fully saturated rings. The highest BCUT2D eigenvalue weighted by Crippen LogP contribution is 2.35. The largest absolute Gasteiger partial charge is 0.293 e. The molecule has 0 saturated heterocycles. The number of benzene rings is 1. The molecule has 4 nitrogen and oxygen atoms in total. The van der Waals surface area contributed by atoms with Gasteiger partial charge in [-0.2, -0.15) is 0 Å². The number of carbonyl (C=O) groups excluding carboxylic acids is 1. The van der Waals surface area contributed by atoms with Crippen molar-refractivity contribution in [1.82, 2.24) is 9.55 Å². The molecular formula is C23H24N2O2S2. The highest BCUT2D eigenvalue weighted by molar-refractivity contribution is 7.99. The van der Waals surface area contributed by atoms with Crippen LogP contribution in [0.25, 0.3) is 10.2 Å². The topological polar surface area (TPSA) is 52.0 Å². The van der Waals surface area contributed by atoms with Crippen LogP contribution in [0, 0.1) is 20.8 Å². The average molecular weight is 425 g/mol. The van der Waals surface area contributed by atoms with E-state index in [1.165, 1.54) is 22.2 Å². The van der Waals surface area contributed by atoms with Crippen LogP contribution in [0.2, 0.25) is 0 Å². The van der Waals surface area contributed by atoms with Gasteiger partial charge in [0.25, 0.3) is 5.56 Å². The van der Waals surface area contributed by atoms with Gasteiger partial charge in [0.05, 0.1) is 11.1 Å². The summed E-state index contributed by atoms with van der Waals surface area (Å²) in [5.41, 5.74) is 5.09. The molecule has 6 heteroatoms. The molecule has 1 aliphatic carbocycles. The van der Waals surface area contributed by atoms with Gasteiger partial charge in [0, 0.05) is 17.0 Å². The summed E-state index contributed by atoms with van der Waals surface area (Å²) in [5.74, 6) is 0.323. The first-order valence-corrected chi connectivity index (χ1v) is 11.6. The Morgan fingerprint density at radius 1 is 1.28 bits per heavy atom. The molecule has 0 radical (unpaired) electrons. The Balaban J connectivity index is 1.69. The van der Waals surface area contributed by atoms with E-state index in [-0.39, 0.29) is 17.1 Å². The minimum Gasteiger partial charge on any atom is -0.293 e. The zero-order valence-corrected chi connectivity index (χ0v) is 18.6. The molecule has 0 unspecified atom stereocenters. The summed E-state index contributed by atoms with van der Waals surface area (Å²) in [6, 6.07) is 4.08. The van der Waals surface area contributed by atoms with E-state index < -0.39 is 0 Å². The predicted molar refractivity (Wildman–Crippen MR) is 122 cm³/mol. The number of thioether (sulfide) groups is 1. The predicted octanol–water partition coefficient (Wildman–Crippen LogP) is 5.03. The second-order valence-electron chi connectivity index (χ2n) is 7.62. The zero-order valence-electron chi connectivity index (χ0n) is 17.0. The molecule has 2 heterocycles. The lowest BCUT2D eigenvalue weighted by atomic mass is 9.97. The van der Waals surface area contributed by atoms with E-state index in [0.717, 1.165) is 51.7 Å². The second kappa shape index (κ2) is 7.92. The van der Waals surface area contributed by atoms with Crippen LogP contribution < -0.4 is 5.56 Å². The number of hydrogen-bond acceptors (Lipinski definition) is 5. The molecule has 0 atom stereocenters. The summed E-state index contributed by atoms with van der Waals surface area (Å²) in [6.45, 7) is 10.2. The SMILES string of the molecule is C=CCn1c(SCC(=O)c2c(C)cc(C)cc2C)nc2sc3c(c2c1=O)CCC3. The Bertz CT molecular complexity index is 1180. The Hall–Kier alpha value is -2.18. The Kier molecular flexibility index (Phi) is 5.49. The molecule has 0 saturated carbocycles. The highest BCUT2D eigenvalue weighted by Gasteiger charge is 2.23. The standard InChI is InChI=1S/C23H24N2O2S2/c1-5-9-25-22(27)20-16-7-6-8-18(16)29-21(20)24-23(25)28-12-17(26)19-14(3)10-13(2)11-15(19)4/h5,10-11H,1,6-9,12H2,2-4H3. The fourth-order valence-corrected chi connectivity index (χ4v) is 6.46. The molecule has 29 heavy (non-hydrogen) atoms. The summed E-state index contributed by atoms with van der Waals surface area (Å²) in [4.78, 5) is 33.0. The summed E-state index contributed by atoms with van der Waals surface area (Å²) < 4.78 is 1.66. The van der Waals surface area contributed by atoms with Crippen molar-refractivity contribution in [2.24, 2.45) is 0 Å². The molecule has 3 aromatic rings. The lowest BCUT2D eigenvalue weighted by molar-refractivity contribution is 0.102. The van der Waals surface area contributed by atoms with E-state index in [4.69, 9.17) is 4.98 Å². The van der Waals surface area contributed by atoms with Gasteiger partial charge in [-0.25, -0.2) is 4.98 Å². The van der Waals surface area contributed by atoms with Gasteiger partial charge in [0.2, 0.25) is 0 Å². The molecule has 4 rings (SSSR count). The van der Waals surface area contributed by atoms with Gasteiger partial charge < -0.3 is 0 Å². The molecule has 150 valence electrons. The molecule has 0 aliphatic heterocycles. The van der Waals surface area contributed by atoms with Gasteiger partial charge in [-0.05, 0) is 56.7 Å². The van der Waals surface area contributed by atoms with Gasteiger partial charge in [0.1, 0.15) is 4.83 Å². The highest BCUT2D eigenvalue weighted by atomic mass is 32.2. The lowest BCUT2D eigenvalue weighted by Gasteiger charge is -2.12. The Labute approximate surface area is 178 Å². The molecule has 1 aromatic carbocycles. The van der Waals surface area contributed by atoms with Crippen molar-refractivity contribution < 1.29 is 4.79 Å². The van der Waals surface area contributed by atoms with E-state index in [2.05, 4.69) is 6.58 Å². The van der Waals surface area contributed by atoms with Gasteiger partial charge in [-0.15, -0.1) is 17.9 Å². The van der Waals surface area contributed by atoms with Crippen LogP contribution in [0.5, 0.6) is 0 Å². The Morgan fingerprint density at radius 3 is 2.69 bits per heavy atom. The number of nitrogens with zero attached hydrogens (tertiary/aromatic N) is 2. The average Bonchev–Trinajstić information content (AvgIpc) is 3.22. The van der Waals surface area contributed by atoms with Crippen molar-refractivity contribution in [3.05, 3.63) is 67.8 Å². The first kappa shape index (κ1) is 20.1. The number of aromatic nitrogens is 2. The van der Waals surface area contributed by atoms with Crippen LogP contribution >= 0.6 is 23.1 Å². The van der Waals surface area contributed by atoms with Crippen LogP contribution in [0.3, 0.4) is 0 Å². The number of allylic oxidation sites excluding steroid dienone is 1. The van der Waals surface area contributed by atoms with Gasteiger partial charge in [0.15, 0.2) is 10.9 Å². The molecule has 0 bridgehead atoms. The van der Waals surface area contributed by atoms with Crippen molar-refractivity contribution in [3.63, 3.8) is 0 Å². The number of ketones is 1. The third-order valence-corrected chi connectivity index (χ3v) is 7.55. The number of aryl methyl sites for hydroxylation is 5. The molecule has 0 spiro atoms. The Morgan fingerprint density at radius 2 is 2.00 bits per heavy atom. The van der Waals surface area contributed by atoms with E-state index in [1.807, 2.05) is 32.9 Å². The third kappa shape index (κ3) is 3.60. The van der Waals surface area contributed by atoms with E-state index in [0.29, 0.717) is 11.7 Å². The minimum absolute atomic E-state index is 0.00746. The second-order valence-corrected chi connectivity index (χ2v) is 9.65. The number of hydrogen-bond donors (Lipinski definition) is 0. The third-order valence-electron chi connectivity index (χ3n) is 5.39. The molecule has 0 amide bonds. The van der Waals surface area contributed by atoms with Gasteiger partial charge in [-0.1, -0.05) is 35.5 Å². The maximum absolute atomic E-state index is 13.2. The quantitative estimate of drug-likeness (QED) is 0.241. The smallest absolute Gasteiger partial charge is 0.263 e. The molecule has 2 aromatic heterocycles. The number of thiophene rings is 1. The first-order valence-electron chi connectivity index (χ1n) is 9.80. The molecule has 0 N–H and O–H groups in total. The van der Waals surface area contributed by atoms with Crippen LogP contribution in [0.15, 0.2) is 34.7 Å². The summed E-state index contributed by atoms with van der Waals surface area (Å²) in [5, 5.41) is 1.36.